The van der Waals surface area contributed by atoms with Crippen LogP contribution in [0.15, 0.2) is 18.2 Å². The van der Waals surface area contributed by atoms with Crippen LogP contribution in [-0.2, 0) is 0 Å². The van der Waals surface area contributed by atoms with Gasteiger partial charge in [-0.15, -0.1) is 0 Å². The fraction of sp³-hybridized carbons (Fsp3) is 0.455. The summed E-state index contributed by atoms with van der Waals surface area (Å²) in [5, 5.41) is 2.93. The lowest BCUT2D eigenvalue weighted by Gasteiger charge is -2.15. The first-order valence-electron chi connectivity index (χ1n) is 5.04. The maximum Gasteiger partial charge on any atom is 0.127 e. The van der Waals surface area contributed by atoms with Gasteiger partial charge in [0.15, 0.2) is 0 Å². The molecule has 0 aliphatic carbocycles. The minimum atomic E-state index is -0.540. The second kappa shape index (κ2) is 5.00. The standard InChI is InChI=1S/C11H19N3O/c1-7(2)15-10-5-4-9(6-8(10)3)14-11(12)13/h4-7,11,14H,12-13H2,1-3H3. The first kappa shape index (κ1) is 11.8. The Morgan fingerprint density at radius 1 is 1.27 bits per heavy atom. The summed E-state index contributed by atoms with van der Waals surface area (Å²) in [7, 11) is 0. The van der Waals surface area contributed by atoms with Gasteiger partial charge >= 0.3 is 0 Å². The largest absolute Gasteiger partial charge is 0.491 e. The summed E-state index contributed by atoms with van der Waals surface area (Å²) in [6.45, 7) is 5.99. The van der Waals surface area contributed by atoms with Crippen LogP contribution < -0.4 is 21.5 Å². The highest BCUT2D eigenvalue weighted by Crippen LogP contribution is 2.22. The summed E-state index contributed by atoms with van der Waals surface area (Å²) in [6.07, 6.45) is -0.361. The molecule has 0 amide bonds. The highest BCUT2D eigenvalue weighted by molar-refractivity contribution is 5.51. The third-order valence-corrected chi connectivity index (χ3v) is 1.87. The molecule has 0 atom stereocenters. The average Bonchev–Trinajstić information content (AvgIpc) is 2.08. The van der Waals surface area contributed by atoms with E-state index >= 15 is 0 Å². The number of anilines is 1. The van der Waals surface area contributed by atoms with Crippen molar-refractivity contribution in [3.8, 4) is 5.75 Å². The van der Waals surface area contributed by atoms with Crippen LogP contribution in [0.25, 0.3) is 0 Å². The summed E-state index contributed by atoms with van der Waals surface area (Å²) in [5.74, 6) is 0.890. The van der Waals surface area contributed by atoms with Gasteiger partial charge in [-0.1, -0.05) is 0 Å². The molecule has 1 aromatic carbocycles. The van der Waals surface area contributed by atoms with Gasteiger partial charge in [-0.25, -0.2) is 0 Å². The Hall–Kier alpha value is -1.26. The summed E-state index contributed by atoms with van der Waals surface area (Å²) in [5.41, 5.74) is 12.8. The molecule has 84 valence electrons. The van der Waals surface area contributed by atoms with Gasteiger partial charge in [-0.05, 0) is 44.5 Å². The van der Waals surface area contributed by atoms with Crippen LogP contribution >= 0.6 is 0 Å². The molecule has 0 saturated heterocycles. The van der Waals surface area contributed by atoms with Gasteiger partial charge in [-0.2, -0.15) is 0 Å². The van der Waals surface area contributed by atoms with Crippen molar-refractivity contribution >= 4 is 5.69 Å². The second-order valence-electron chi connectivity index (χ2n) is 3.82. The normalized spacial score (nSPS) is 10.9. The molecule has 0 spiro atoms. The zero-order valence-corrected chi connectivity index (χ0v) is 9.45. The second-order valence-corrected chi connectivity index (χ2v) is 3.82. The average molecular weight is 209 g/mol. The van der Waals surface area contributed by atoms with Gasteiger partial charge in [0.05, 0.1) is 6.10 Å². The molecule has 0 aliphatic heterocycles. The van der Waals surface area contributed by atoms with Crippen LogP contribution in [0, 0.1) is 6.92 Å². The Kier molecular flexibility index (Phi) is 3.94. The van der Waals surface area contributed by atoms with Crippen molar-refractivity contribution in [3.05, 3.63) is 23.8 Å². The molecule has 0 unspecified atom stereocenters. The fourth-order valence-corrected chi connectivity index (χ4v) is 1.32. The van der Waals surface area contributed by atoms with Crippen molar-refractivity contribution in [3.63, 3.8) is 0 Å². The van der Waals surface area contributed by atoms with Crippen molar-refractivity contribution in [1.29, 1.82) is 0 Å². The minimum absolute atomic E-state index is 0.180. The molecule has 5 N–H and O–H groups in total. The van der Waals surface area contributed by atoms with E-state index in [2.05, 4.69) is 5.32 Å². The number of nitrogens with two attached hydrogens (primary N) is 2. The lowest BCUT2D eigenvalue weighted by Crippen LogP contribution is -2.38. The molecular formula is C11H19N3O. The SMILES string of the molecule is Cc1cc(NC(N)N)ccc1OC(C)C. The van der Waals surface area contributed by atoms with E-state index in [4.69, 9.17) is 16.2 Å². The summed E-state index contributed by atoms with van der Waals surface area (Å²) < 4.78 is 5.61. The van der Waals surface area contributed by atoms with Crippen LogP contribution in [0.4, 0.5) is 5.69 Å². The molecule has 0 radical (unpaired) electrons. The predicted octanol–water partition coefficient (Wildman–Crippen LogP) is 1.40. The minimum Gasteiger partial charge on any atom is -0.491 e. The molecule has 0 aromatic heterocycles. The summed E-state index contributed by atoms with van der Waals surface area (Å²) in [4.78, 5) is 0. The van der Waals surface area contributed by atoms with Gasteiger partial charge in [0, 0.05) is 5.69 Å². The quantitative estimate of drug-likeness (QED) is 0.655. The molecule has 0 bridgehead atoms. The Bertz CT molecular complexity index is 324. The molecule has 0 aliphatic rings. The number of ether oxygens (including phenoxy) is 1. The number of hydrogen-bond acceptors (Lipinski definition) is 4. The lowest BCUT2D eigenvalue weighted by molar-refractivity contribution is 0.241. The molecule has 0 fully saturated rings. The van der Waals surface area contributed by atoms with Gasteiger partial charge in [0.25, 0.3) is 0 Å². The molecule has 15 heavy (non-hydrogen) atoms. The van der Waals surface area contributed by atoms with E-state index in [9.17, 15) is 0 Å². The van der Waals surface area contributed by atoms with Crippen LogP contribution in [0.2, 0.25) is 0 Å². The Balaban J connectivity index is 2.78. The topological polar surface area (TPSA) is 73.3 Å². The first-order chi connectivity index (χ1) is 6.99. The maximum absolute atomic E-state index is 5.61. The number of aryl methyl sites for hydroxylation is 1. The first-order valence-corrected chi connectivity index (χ1v) is 5.04. The monoisotopic (exact) mass is 209 g/mol. The number of rotatable bonds is 4. The Morgan fingerprint density at radius 2 is 1.93 bits per heavy atom. The summed E-state index contributed by atoms with van der Waals surface area (Å²) >= 11 is 0. The Labute approximate surface area is 90.6 Å². The molecular weight excluding hydrogens is 190 g/mol. The van der Waals surface area contributed by atoms with Crippen molar-refractivity contribution in [1.82, 2.24) is 0 Å². The van der Waals surface area contributed by atoms with E-state index in [0.29, 0.717) is 0 Å². The molecule has 1 rings (SSSR count). The Morgan fingerprint density at radius 3 is 2.40 bits per heavy atom. The number of nitrogens with one attached hydrogen (secondary N) is 1. The molecule has 4 heteroatoms. The van der Waals surface area contributed by atoms with Crippen LogP contribution in [0.3, 0.4) is 0 Å². The zero-order chi connectivity index (χ0) is 11.4. The van der Waals surface area contributed by atoms with Gasteiger partial charge in [-0.3, -0.25) is 11.5 Å². The van der Waals surface area contributed by atoms with E-state index < -0.39 is 6.29 Å². The number of hydrogen-bond donors (Lipinski definition) is 3. The maximum atomic E-state index is 5.61. The summed E-state index contributed by atoms with van der Waals surface area (Å²) in [6, 6.07) is 5.78. The van der Waals surface area contributed by atoms with Crippen LogP contribution in [0.5, 0.6) is 5.75 Å². The van der Waals surface area contributed by atoms with Gasteiger partial charge < -0.3 is 10.1 Å². The van der Waals surface area contributed by atoms with E-state index in [1.807, 2.05) is 39.0 Å². The molecule has 0 heterocycles. The zero-order valence-electron chi connectivity index (χ0n) is 9.45. The predicted molar refractivity (Wildman–Crippen MR) is 62.7 cm³/mol. The van der Waals surface area contributed by atoms with Crippen molar-refractivity contribution in [2.75, 3.05) is 5.32 Å². The molecule has 4 nitrogen and oxygen atoms in total. The van der Waals surface area contributed by atoms with Crippen molar-refractivity contribution in [2.45, 2.75) is 33.2 Å². The third-order valence-electron chi connectivity index (χ3n) is 1.87. The van der Waals surface area contributed by atoms with E-state index in [1.165, 1.54) is 0 Å². The van der Waals surface area contributed by atoms with Gasteiger partial charge in [0.2, 0.25) is 0 Å². The highest BCUT2D eigenvalue weighted by Gasteiger charge is 2.03. The molecule has 0 saturated carbocycles. The number of benzene rings is 1. The van der Waals surface area contributed by atoms with Crippen molar-refractivity contribution in [2.24, 2.45) is 11.5 Å². The van der Waals surface area contributed by atoms with Crippen LogP contribution in [-0.4, -0.2) is 12.4 Å². The van der Waals surface area contributed by atoms with E-state index in [1.54, 1.807) is 0 Å². The van der Waals surface area contributed by atoms with Crippen LogP contribution in [0.1, 0.15) is 19.4 Å². The van der Waals surface area contributed by atoms with Crippen molar-refractivity contribution < 1.29 is 4.74 Å². The third kappa shape index (κ3) is 3.77. The molecule has 1 aromatic rings. The smallest absolute Gasteiger partial charge is 0.127 e. The van der Waals surface area contributed by atoms with E-state index in [0.717, 1.165) is 17.0 Å². The fourth-order valence-electron chi connectivity index (χ4n) is 1.32. The lowest BCUT2D eigenvalue weighted by atomic mass is 10.2. The van der Waals surface area contributed by atoms with Gasteiger partial charge in [0.1, 0.15) is 12.0 Å². The van der Waals surface area contributed by atoms with E-state index in [-0.39, 0.29) is 6.10 Å². The highest BCUT2D eigenvalue weighted by atomic mass is 16.5.